The molecule has 4 heteroatoms. The monoisotopic (exact) mass is 336 g/mol. The van der Waals surface area contributed by atoms with Gasteiger partial charge in [-0.3, -0.25) is 9.59 Å². The molecule has 2 aromatic carbocycles. The third-order valence-electron chi connectivity index (χ3n) is 4.95. The summed E-state index contributed by atoms with van der Waals surface area (Å²) in [6, 6.07) is 13.9. The number of hydrogen-bond donors (Lipinski definition) is 0. The predicted molar refractivity (Wildman–Crippen MR) is 101 cm³/mol. The molecule has 0 saturated carbocycles. The first-order valence-corrected chi connectivity index (χ1v) is 8.71. The van der Waals surface area contributed by atoms with E-state index in [2.05, 4.69) is 6.07 Å². The molecule has 0 bridgehead atoms. The number of para-hydroxylation sites is 1. The Kier molecular flexibility index (Phi) is 4.88. The van der Waals surface area contributed by atoms with Crippen molar-refractivity contribution in [1.82, 2.24) is 0 Å². The summed E-state index contributed by atoms with van der Waals surface area (Å²) in [4.78, 5) is 28.6. The number of fused-ring (bicyclic) bond motifs is 1. The Bertz CT molecular complexity index is 813. The van der Waals surface area contributed by atoms with Gasteiger partial charge >= 0.3 is 0 Å². The van der Waals surface area contributed by atoms with Gasteiger partial charge in [0.2, 0.25) is 11.8 Å². The lowest BCUT2D eigenvalue weighted by Crippen LogP contribution is -2.44. The van der Waals surface area contributed by atoms with Gasteiger partial charge in [-0.25, -0.2) is 0 Å². The van der Waals surface area contributed by atoms with Crippen molar-refractivity contribution < 1.29 is 9.59 Å². The Morgan fingerprint density at radius 2 is 1.84 bits per heavy atom. The van der Waals surface area contributed by atoms with Crippen molar-refractivity contribution in [2.75, 3.05) is 22.9 Å². The predicted octanol–water partition coefficient (Wildman–Crippen LogP) is 3.64. The Morgan fingerprint density at radius 3 is 2.60 bits per heavy atom. The van der Waals surface area contributed by atoms with Crippen molar-refractivity contribution in [3.8, 4) is 0 Å². The van der Waals surface area contributed by atoms with E-state index >= 15 is 0 Å². The normalized spacial score (nSPS) is 13.3. The summed E-state index contributed by atoms with van der Waals surface area (Å²) in [7, 11) is 0. The van der Waals surface area contributed by atoms with E-state index in [1.54, 1.807) is 4.90 Å². The molecule has 1 aliphatic rings. The molecule has 0 radical (unpaired) electrons. The van der Waals surface area contributed by atoms with Crippen molar-refractivity contribution in [2.24, 2.45) is 0 Å². The molecular formula is C21H24N2O2. The van der Waals surface area contributed by atoms with Gasteiger partial charge in [-0.1, -0.05) is 30.3 Å². The largest absolute Gasteiger partial charge is 0.311 e. The Balaban J connectivity index is 1.88. The van der Waals surface area contributed by atoms with Gasteiger partial charge in [-0.05, 0) is 55.5 Å². The second-order valence-corrected chi connectivity index (χ2v) is 6.60. The van der Waals surface area contributed by atoms with E-state index in [1.807, 2.05) is 55.1 Å². The molecule has 0 aliphatic carbocycles. The lowest BCUT2D eigenvalue weighted by Gasteiger charge is -2.32. The van der Waals surface area contributed by atoms with Gasteiger partial charge in [0.25, 0.3) is 0 Å². The Labute approximate surface area is 149 Å². The fourth-order valence-corrected chi connectivity index (χ4v) is 3.41. The molecule has 3 rings (SSSR count). The first-order valence-electron chi connectivity index (χ1n) is 8.71. The minimum absolute atomic E-state index is 0.0387. The van der Waals surface area contributed by atoms with Crippen LogP contribution in [0, 0.1) is 13.8 Å². The fourth-order valence-electron chi connectivity index (χ4n) is 3.41. The van der Waals surface area contributed by atoms with E-state index in [0.29, 0.717) is 6.54 Å². The van der Waals surface area contributed by atoms with E-state index in [9.17, 15) is 9.59 Å². The summed E-state index contributed by atoms with van der Waals surface area (Å²) in [5.74, 6) is -0.157. The van der Waals surface area contributed by atoms with Crippen LogP contribution in [0.15, 0.2) is 42.5 Å². The first-order chi connectivity index (χ1) is 12.0. The van der Waals surface area contributed by atoms with Crippen molar-refractivity contribution in [3.63, 3.8) is 0 Å². The molecule has 1 aliphatic heterocycles. The minimum Gasteiger partial charge on any atom is -0.311 e. The van der Waals surface area contributed by atoms with Crippen molar-refractivity contribution in [2.45, 2.75) is 33.6 Å². The average molecular weight is 336 g/mol. The third kappa shape index (κ3) is 3.43. The highest BCUT2D eigenvalue weighted by molar-refractivity contribution is 6.03. The van der Waals surface area contributed by atoms with Crippen LogP contribution < -0.4 is 9.80 Å². The van der Waals surface area contributed by atoms with Crippen LogP contribution in [0.2, 0.25) is 0 Å². The van der Waals surface area contributed by atoms with E-state index in [1.165, 1.54) is 12.5 Å². The topological polar surface area (TPSA) is 40.6 Å². The molecule has 0 unspecified atom stereocenters. The molecule has 130 valence electrons. The van der Waals surface area contributed by atoms with E-state index in [0.717, 1.165) is 35.3 Å². The van der Waals surface area contributed by atoms with E-state index < -0.39 is 0 Å². The summed E-state index contributed by atoms with van der Waals surface area (Å²) >= 11 is 0. The standard InChI is InChI=1S/C21H24N2O2/c1-15-8-6-12-19(16(15)2)23(17(3)24)14-21(25)22-13-7-10-18-9-4-5-11-20(18)22/h4-6,8-9,11-12H,7,10,13-14H2,1-3H3. The molecule has 0 saturated heterocycles. The number of rotatable bonds is 3. The molecule has 4 nitrogen and oxygen atoms in total. The van der Waals surface area contributed by atoms with Crippen LogP contribution in [-0.2, 0) is 16.0 Å². The maximum absolute atomic E-state index is 13.0. The SMILES string of the molecule is CC(=O)N(CC(=O)N1CCCc2ccccc21)c1cccc(C)c1C. The van der Waals surface area contributed by atoms with Gasteiger partial charge in [0, 0.05) is 24.8 Å². The number of amides is 2. The molecule has 0 N–H and O–H groups in total. The Morgan fingerprint density at radius 1 is 1.08 bits per heavy atom. The smallest absolute Gasteiger partial charge is 0.247 e. The maximum Gasteiger partial charge on any atom is 0.247 e. The summed E-state index contributed by atoms with van der Waals surface area (Å²) < 4.78 is 0. The van der Waals surface area contributed by atoms with E-state index in [-0.39, 0.29) is 18.4 Å². The zero-order valence-corrected chi connectivity index (χ0v) is 15.1. The zero-order chi connectivity index (χ0) is 18.0. The molecular weight excluding hydrogens is 312 g/mol. The molecule has 0 fully saturated rings. The van der Waals surface area contributed by atoms with Crippen LogP contribution in [0.25, 0.3) is 0 Å². The third-order valence-corrected chi connectivity index (χ3v) is 4.95. The van der Waals surface area contributed by atoms with Gasteiger partial charge < -0.3 is 9.80 Å². The van der Waals surface area contributed by atoms with Crippen LogP contribution in [0.5, 0.6) is 0 Å². The molecule has 0 atom stereocenters. The number of benzene rings is 2. The molecule has 1 heterocycles. The highest BCUT2D eigenvalue weighted by atomic mass is 16.2. The maximum atomic E-state index is 13.0. The van der Waals surface area contributed by atoms with Crippen molar-refractivity contribution >= 4 is 23.2 Å². The fraction of sp³-hybridized carbons (Fsp3) is 0.333. The van der Waals surface area contributed by atoms with Crippen LogP contribution in [0.1, 0.15) is 30.0 Å². The highest BCUT2D eigenvalue weighted by Gasteiger charge is 2.26. The average Bonchev–Trinajstić information content (AvgIpc) is 2.61. The Hall–Kier alpha value is -2.62. The summed E-state index contributed by atoms with van der Waals surface area (Å²) in [5, 5.41) is 0. The zero-order valence-electron chi connectivity index (χ0n) is 15.1. The van der Waals surface area contributed by atoms with Crippen LogP contribution >= 0.6 is 0 Å². The van der Waals surface area contributed by atoms with Gasteiger partial charge in [0.05, 0.1) is 0 Å². The molecule has 2 amide bonds. The second-order valence-electron chi connectivity index (χ2n) is 6.60. The quantitative estimate of drug-likeness (QED) is 0.859. The second kappa shape index (κ2) is 7.09. The van der Waals surface area contributed by atoms with Crippen LogP contribution in [0.3, 0.4) is 0 Å². The molecule has 0 aromatic heterocycles. The molecule has 2 aromatic rings. The van der Waals surface area contributed by atoms with Gasteiger partial charge in [0.1, 0.15) is 6.54 Å². The number of hydrogen-bond acceptors (Lipinski definition) is 2. The van der Waals surface area contributed by atoms with Gasteiger partial charge in [-0.2, -0.15) is 0 Å². The summed E-state index contributed by atoms with van der Waals surface area (Å²) in [5.41, 5.74) is 5.13. The van der Waals surface area contributed by atoms with E-state index in [4.69, 9.17) is 0 Å². The first kappa shape index (κ1) is 17.2. The summed E-state index contributed by atoms with van der Waals surface area (Å²) in [6.07, 6.45) is 1.94. The lowest BCUT2D eigenvalue weighted by molar-refractivity contribution is -0.121. The number of anilines is 2. The molecule has 25 heavy (non-hydrogen) atoms. The van der Waals surface area contributed by atoms with Gasteiger partial charge in [-0.15, -0.1) is 0 Å². The molecule has 0 spiro atoms. The number of nitrogens with zero attached hydrogens (tertiary/aromatic N) is 2. The number of carbonyl (C=O) groups is 2. The number of carbonyl (C=O) groups excluding carboxylic acids is 2. The van der Waals surface area contributed by atoms with Gasteiger partial charge in [0.15, 0.2) is 0 Å². The van der Waals surface area contributed by atoms with Crippen LogP contribution in [-0.4, -0.2) is 24.9 Å². The lowest BCUT2D eigenvalue weighted by atomic mass is 10.0. The minimum atomic E-state index is -0.118. The van der Waals surface area contributed by atoms with Crippen LogP contribution in [0.4, 0.5) is 11.4 Å². The number of aryl methyl sites for hydroxylation is 2. The highest BCUT2D eigenvalue weighted by Crippen LogP contribution is 2.28. The summed E-state index contributed by atoms with van der Waals surface area (Å²) in [6.45, 7) is 6.28. The van der Waals surface area contributed by atoms with Crippen molar-refractivity contribution in [1.29, 1.82) is 0 Å². The van der Waals surface area contributed by atoms with Crippen molar-refractivity contribution in [3.05, 3.63) is 59.2 Å².